The number of esters is 1. The highest BCUT2D eigenvalue weighted by molar-refractivity contribution is 7.98. The molecule has 1 aliphatic carbocycles. The molecule has 3 rings (SSSR count). The lowest BCUT2D eigenvalue weighted by Gasteiger charge is -2.09. The fourth-order valence-corrected chi connectivity index (χ4v) is 4.82. The number of hydrogen-bond donors (Lipinski definition) is 1. The highest BCUT2D eigenvalue weighted by atomic mass is 35.5. The number of rotatable bonds is 5. The van der Waals surface area contributed by atoms with E-state index in [0.29, 0.717) is 10.6 Å². The second-order valence-corrected chi connectivity index (χ2v) is 8.39. The third-order valence-electron chi connectivity index (χ3n) is 4.26. The van der Waals surface area contributed by atoms with E-state index in [0.717, 1.165) is 41.0 Å². The number of nitriles is 1. The van der Waals surface area contributed by atoms with Crippen molar-refractivity contribution in [3.63, 3.8) is 0 Å². The van der Waals surface area contributed by atoms with Crippen LogP contribution in [-0.4, -0.2) is 24.7 Å². The molecule has 0 saturated heterocycles. The van der Waals surface area contributed by atoms with E-state index in [-0.39, 0.29) is 10.6 Å². The predicted octanol–water partition coefficient (Wildman–Crippen LogP) is 4.67. The molecule has 1 aliphatic rings. The molecule has 0 aliphatic heterocycles. The van der Waals surface area contributed by atoms with Gasteiger partial charge in [-0.1, -0.05) is 11.6 Å². The van der Waals surface area contributed by atoms with Gasteiger partial charge in [-0.3, -0.25) is 4.79 Å². The third-order valence-corrected chi connectivity index (χ3v) is 6.53. The van der Waals surface area contributed by atoms with Gasteiger partial charge in [0, 0.05) is 9.77 Å². The number of ether oxygens (including phenoxy) is 1. The first-order valence-electron chi connectivity index (χ1n) is 8.38. The first-order valence-corrected chi connectivity index (χ1v) is 10.8. The molecule has 27 heavy (non-hydrogen) atoms. The lowest BCUT2D eigenvalue weighted by Crippen LogP contribution is -2.21. The van der Waals surface area contributed by atoms with E-state index in [1.54, 1.807) is 18.2 Å². The monoisotopic (exact) mass is 420 g/mol. The molecule has 0 radical (unpaired) electrons. The normalized spacial score (nSPS) is 12.8. The Kier molecular flexibility index (Phi) is 6.42. The molecule has 0 spiro atoms. The summed E-state index contributed by atoms with van der Waals surface area (Å²) in [5, 5.41) is 12.9. The zero-order chi connectivity index (χ0) is 19.4. The number of amides is 1. The molecule has 0 atom stereocenters. The van der Waals surface area contributed by atoms with Gasteiger partial charge in [0.05, 0.1) is 16.1 Å². The van der Waals surface area contributed by atoms with Crippen LogP contribution in [0.5, 0.6) is 0 Å². The van der Waals surface area contributed by atoms with Crippen LogP contribution in [0.4, 0.5) is 5.00 Å². The van der Waals surface area contributed by atoms with Gasteiger partial charge in [0.2, 0.25) is 0 Å². The van der Waals surface area contributed by atoms with Crippen LogP contribution in [0.1, 0.15) is 39.2 Å². The van der Waals surface area contributed by atoms with E-state index in [2.05, 4.69) is 11.4 Å². The number of nitrogens with one attached hydrogen (secondary N) is 1. The van der Waals surface area contributed by atoms with Crippen LogP contribution in [0.15, 0.2) is 23.1 Å². The summed E-state index contributed by atoms with van der Waals surface area (Å²) in [7, 11) is 0. The molecule has 0 fully saturated rings. The van der Waals surface area contributed by atoms with Crippen LogP contribution in [-0.2, 0) is 22.4 Å². The van der Waals surface area contributed by atoms with Crippen LogP contribution in [0.2, 0.25) is 5.02 Å². The molecule has 2 aromatic rings. The minimum absolute atomic E-state index is 0.223. The van der Waals surface area contributed by atoms with E-state index < -0.39 is 18.5 Å². The Balaban J connectivity index is 1.65. The van der Waals surface area contributed by atoms with Crippen molar-refractivity contribution in [1.82, 2.24) is 0 Å². The number of benzene rings is 1. The number of thioether (sulfide) groups is 1. The van der Waals surface area contributed by atoms with E-state index in [9.17, 15) is 14.9 Å². The summed E-state index contributed by atoms with van der Waals surface area (Å²) in [4.78, 5) is 26.5. The topological polar surface area (TPSA) is 79.2 Å². The minimum Gasteiger partial charge on any atom is -0.452 e. The summed E-state index contributed by atoms with van der Waals surface area (Å²) in [5.41, 5.74) is 1.80. The number of thiophene rings is 1. The van der Waals surface area contributed by atoms with Crippen molar-refractivity contribution >= 4 is 51.6 Å². The molecule has 0 unspecified atom stereocenters. The molecule has 8 heteroatoms. The van der Waals surface area contributed by atoms with E-state index in [1.807, 2.05) is 6.26 Å². The second kappa shape index (κ2) is 8.79. The lowest BCUT2D eigenvalue weighted by atomic mass is 9.96. The number of halogens is 1. The Hall–Kier alpha value is -2.01. The summed E-state index contributed by atoms with van der Waals surface area (Å²) in [5.74, 6) is -1.13. The van der Waals surface area contributed by atoms with Gasteiger partial charge in [0.25, 0.3) is 5.91 Å². The van der Waals surface area contributed by atoms with Crippen LogP contribution < -0.4 is 5.32 Å². The number of carbonyl (C=O) groups is 2. The fraction of sp³-hybridized carbons (Fsp3) is 0.316. The average molecular weight is 421 g/mol. The molecule has 0 saturated carbocycles. The van der Waals surface area contributed by atoms with Crippen molar-refractivity contribution in [3.8, 4) is 6.07 Å². The molecule has 1 aromatic heterocycles. The molecule has 1 aromatic carbocycles. The van der Waals surface area contributed by atoms with Gasteiger partial charge in [0.15, 0.2) is 6.61 Å². The van der Waals surface area contributed by atoms with E-state index in [1.165, 1.54) is 23.1 Å². The van der Waals surface area contributed by atoms with E-state index in [4.69, 9.17) is 16.3 Å². The van der Waals surface area contributed by atoms with Gasteiger partial charge in [-0.05, 0) is 55.7 Å². The van der Waals surface area contributed by atoms with Crippen molar-refractivity contribution in [2.75, 3.05) is 18.2 Å². The largest absolute Gasteiger partial charge is 0.452 e. The lowest BCUT2D eigenvalue weighted by molar-refractivity contribution is -0.119. The van der Waals surface area contributed by atoms with Crippen molar-refractivity contribution in [1.29, 1.82) is 5.26 Å². The maximum absolute atomic E-state index is 12.2. The van der Waals surface area contributed by atoms with Crippen molar-refractivity contribution in [3.05, 3.63) is 44.8 Å². The first kappa shape index (κ1) is 19.7. The average Bonchev–Trinajstić information content (AvgIpc) is 3.03. The summed E-state index contributed by atoms with van der Waals surface area (Å²) >= 11 is 8.96. The predicted molar refractivity (Wildman–Crippen MR) is 108 cm³/mol. The van der Waals surface area contributed by atoms with Gasteiger partial charge in [-0.15, -0.1) is 23.1 Å². The molecule has 1 heterocycles. The number of anilines is 1. The summed E-state index contributed by atoms with van der Waals surface area (Å²) in [6, 6.07) is 7.25. The number of nitrogens with zero attached hydrogens (tertiary/aromatic N) is 1. The van der Waals surface area contributed by atoms with Gasteiger partial charge in [-0.25, -0.2) is 4.79 Å². The Morgan fingerprint density at radius 2 is 2.15 bits per heavy atom. The molecule has 0 bridgehead atoms. The Morgan fingerprint density at radius 1 is 1.37 bits per heavy atom. The van der Waals surface area contributed by atoms with Crippen molar-refractivity contribution < 1.29 is 14.3 Å². The highest BCUT2D eigenvalue weighted by Gasteiger charge is 2.22. The SMILES string of the molecule is CSc1ccc(Cl)c(C(=O)OCC(=O)Nc2sc3c(c2C#N)CCCC3)c1. The van der Waals surface area contributed by atoms with Gasteiger partial charge < -0.3 is 10.1 Å². The minimum atomic E-state index is -0.656. The standard InChI is InChI=1S/C19H17ClN2O3S2/c1-26-11-6-7-15(20)13(8-11)19(24)25-10-17(23)22-18-14(9-21)12-4-2-3-5-16(12)27-18/h6-8H,2-5,10H2,1H3,(H,22,23). The summed E-state index contributed by atoms with van der Waals surface area (Å²) < 4.78 is 5.10. The van der Waals surface area contributed by atoms with Crippen LogP contribution in [0, 0.1) is 11.3 Å². The third kappa shape index (κ3) is 4.46. The Labute approximate surface area is 170 Å². The van der Waals surface area contributed by atoms with Crippen LogP contribution >= 0.6 is 34.7 Å². The van der Waals surface area contributed by atoms with E-state index >= 15 is 0 Å². The molecule has 1 N–H and O–H groups in total. The fourth-order valence-electron chi connectivity index (χ4n) is 2.93. The van der Waals surface area contributed by atoms with Gasteiger partial charge >= 0.3 is 5.97 Å². The number of carbonyl (C=O) groups excluding carboxylic acids is 2. The smallest absolute Gasteiger partial charge is 0.340 e. The van der Waals surface area contributed by atoms with Crippen LogP contribution in [0.3, 0.4) is 0 Å². The molecular formula is C19H17ClN2O3S2. The van der Waals surface area contributed by atoms with Crippen molar-refractivity contribution in [2.45, 2.75) is 30.6 Å². The number of fused-ring (bicyclic) bond motifs is 1. The van der Waals surface area contributed by atoms with Gasteiger partial charge in [-0.2, -0.15) is 5.26 Å². The van der Waals surface area contributed by atoms with Crippen LogP contribution in [0.25, 0.3) is 0 Å². The first-order chi connectivity index (χ1) is 13.0. The molecule has 1 amide bonds. The molecule has 5 nitrogen and oxygen atoms in total. The van der Waals surface area contributed by atoms with Crippen molar-refractivity contribution in [2.24, 2.45) is 0 Å². The summed E-state index contributed by atoms with van der Waals surface area (Å²) in [6.45, 7) is -0.438. The maximum Gasteiger partial charge on any atom is 0.340 e. The number of hydrogen-bond acceptors (Lipinski definition) is 6. The Bertz CT molecular complexity index is 934. The zero-order valence-electron chi connectivity index (χ0n) is 14.6. The maximum atomic E-state index is 12.2. The quantitative estimate of drug-likeness (QED) is 0.561. The zero-order valence-corrected chi connectivity index (χ0v) is 17.0. The number of aryl methyl sites for hydroxylation is 1. The molecule has 140 valence electrons. The summed E-state index contributed by atoms with van der Waals surface area (Å²) in [6.07, 6.45) is 5.84. The highest BCUT2D eigenvalue weighted by Crippen LogP contribution is 2.37. The van der Waals surface area contributed by atoms with Gasteiger partial charge in [0.1, 0.15) is 11.1 Å². The second-order valence-electron chi connectivity index (χ2n) is 6.00. The Morgan fingerprint density at radius 3 is 2.89 bits per heavy atom. The molecular weight excluding hydrogens is 404 g/mol.